The highest BCUT2D eigenvalue weighted by molar-refractivity contribution is 7.85. The summed E-state index contributed by atoms with van der Waals surface area (Å²) in [5, 5.41) is 7.26. The van der Waals surface area contributed by atoms with E-state index in [9.17, 15) is 9.00 Å². The minimum absolute atomic E-state index is 0.405. The number of aromatic nitrogens is 1. The highest BCUT2D eigenvalue weighted by Gasteiger charge is 2.20. The molecule has 0 saturated heterocycles. The number of amides is 1. The van der Waals surface area contributed by atoms with Gasteiger partial charge in [0.1, 0.15) is 28.5 Å². The standard InChI is InChI=1S/C20H20ClN3O4S/c1-12-18(22-20(25)27-13(2)14-4-8-16(21)9-5-14)19(28-23-12)15-6-10-17(11-7-15)24-29(3)26/h4-11,13,24H,1-3H3,(H,22,25). The zero-order valence-electron chi connectivity index (χ0n) is 16.1. The van der Waals surface area contributed by atoms with Gasteiger partial charge >= 0.3 is 6.09 Å². The number of nitrogens with zero attached hydrogens (tertiary/aromatic N) is 1. The monoisotopic (exact) mass is 433 g/mol. The molecule has 2 N–H and O–H groups in total. The molecule has 0 fully saturated rings. The molecule has 7 nitrogen and oxygen atoms in total. The van der Waals surface area contributed by atoms with Gasteiger partial charge in [0.15, 0.2) is 5.76 Å². The van der Waals surface area contributed by atoms with Gasteiger partial charge in [-0.15, -0.1) is 0 Å². The first kappa shape index (κ1) is 20.9. The van der Waals surface area contributed by atoms with Crippen LogP contribution in [0.3, 0.4) is 0 Å². The second-order valence-electron chi connectivity index (χ2n) is 6.33. The third-order valence-corrected chi connectivity index (χ3v) is 4.90. The van der Waals surface area contributed by atoms with E-state index < -0.39 is 23.2 Å². The van der Waals surface area contributed by atoms with Crippen molar-refractivity contribution < 1.29 is 18.3 Å². The maximum Gasteiger partial charge on any atom is 0.412 e. The molecule has 0 saturated carbocycles. The number of aryl methyl sites for hydroxylation is 1. The number of anilines is 2. The van der Waals surface area contributed by atoms with Crippen molar-refractivity contribution in [3.05, 3.63) is 64.8 Å². The summed E-state index contributed by atoms with van der Waals surface area (Å²) in [6.07, 6.45) is 0.461. The third kappa shape index (κ3) is 5.36. The van der Waals surface area contributed by atoms with Crippen molar-refractivity contribution in [1.82, 2.24) is 5.16 Å². The van der Waals surface area contributed by atoms with Crippen LogP contribution >= 0.6 is 11.6 Å². The molecular weight excluding hydrogens is 414 g/mol. The van der Waals surface area contributed by atoms with Crippen molar-refractivity contribution in [1.29, 1.82) is 0 Å². The quantitative estimate of drug-likeness (QED) is 0.548. The van der Waals surface area contributed by atoms with E-state index in [-0.39, 0.29) is 0 Å². The highest BCUT2D eigenvalue weighted by atomic mass is 35.5. The Hall–Kier alpha value is -2.84. The molecular formula is C20H20ClN3O4S. The lowest BCUT2D eigenvalue weighted by molar-refractivity contribution is 0.121. The summed E-state index contributed by atoms with van der Waals surface area (Å²) in [7, 11) is -1.17. The zero-order chi connectivity index (χ0) is 21.0. The van der Waals surface area contributed by atoms with Crippen molar-refractivity contribution in [2.24, 2.45) is 0 Å². The number of halogens is 1. The van der Waals surface area contributed by atoms with E-state index >= 15 is 0 Å². The first-order valence-corrected chi connectivity index (χ1v) is 10.7. The summed E-state index contributed by atoms with van der Waals surface area (Å²) >= 11 is 5.89. The number of benzene rings is 2. The second kappa shape index (κ2) is 9.11. The molecule has 0 aliphatic heterocycles. The lowest BCUT2D eigenvalue weighted by atomic mass is 10.1. The first-order valence-electron chi connectivity index (χ1n) is 8.73. The molecule has 3 aromatic rings. The van der Waals surface area contributed by atoms with Crippen LogP contribution in [-0.4, -0.2) is 21.7 Å². The smallest absolute Gasteiger partial charge is 0.412 e. The number of carbonyl (C=O) groups is 1. The van der Waals surface area contributed by atoms with Crippen LogP contribution < -0.4 is 10.0 Å². The van der Waals surface area contributed by atoms with Gasteiger partial charge in [0.05, 0.1) is 0 Å². The predicted octanol–water partition coefficient (Wildman–Crippen LogP) is 5.32. The van der Waals surface area contributed by atoms with Gasteiger partial charge in [0.2, 0.25) is 0 Å². The molecule has 29 heavy (non-hydrogen) atoms. The fourth-order valence-corrected chi connectivity index (χ4v) is 3.26. The Labute approximate surface area is 176 Å². The minimum atomic E-state index is -1.17. The highest BCUT2D eigenvalue weighted by Crippen LogP contribution is 2.32. The van der Waals surface area contributed by atoms with Crippen LogP contribution in [0.15, 0.2) is 53.1 Å². The molecule has 0 aliphatic rings. The fraction of sp³-hybridized carbons (Fsp3) is 0.200. The lowest BCUT2D eigenvalue weighted by Crippen LogP contribution is -2.16. The van der Waals surface area contributed by atoms with Gasteiger partial charge in [-0.05, 0) is 55.8 Å². The maximum absolute atomic E-state index is 12.4. The maximum atomic E-state index is 12.4. The van der Waals surface area contributed by atoms with Gasteiger partial charge < -0.3 is 14.0 Å². The van der Waals surface area contributed by atoms with Crippen LogP contribution in [0.25, 0.3) is 11.3 Å². The molecule has 2 unspecified atom stereocenters. The van der Waals surface area contributed by atoms with Gasteiger partial charge in [-0.1, -0.05) is 28.9 Å². The molecule has 0 aliphatic carbocycles. The first-order chi connectivity index (χ1) is 13.8. The fourth-order valence-electron chi connectivity index (χ4n) is 2.66. The molecule has 0 radical (unpaired) electrons. The molecule has 2 atom stereocenters. The van der Waals surface area contributed by atoms with E-state index in [4.69, 9.17) is 20.9 Å². The second-order valence-corrected chi connectivity index (χ2v) is 7.88. The van der Waals surface area contributed by atoms with E-state index in [1.54, 1.807) is 68.6 Å². The molecule has 2 aromatic carbocycles. The Balaban J connectivity index is 1.73. The van der Waals surface area contributed by atoms with Crippen LogP contribution in [-0.2, 0) is 15.7 Å². The molecule has 152 valence electrons. The Morgan fingerprint density at radius 1 is 1.17 bits per heavy atom. The molecule has 0 bridgehead atoms. The van der Waals surface area contributed by atoms with Crippen molar-refractivity contribution in [3.63, 3.8) is 0 Å². The Kier molecular flexibility index (Phi) is 6.56. The summed E-state index contributed by atoms with van der Waals surface area (Å²) < 4.78 is 24.9. The van der Waals surface area contributed by atoms with E-state index in [1.165, 1.54) is 0 Å². The van der Waals surface area contributed by atoms with E-state index in [1.807, 2.05) is 0 Å². The van der Waals surface area contributed by atoms with Gasteiger partial charge in [-0.3, -0.25) is 5.32 Å². The summed E-state index contributed by atoms with van der Waals surface area (Å²) in [4.78, 5) is 12.4. The van der Waals surface area contributed by atoms with Gasteiger partial charge in [-0.2, -0.15) is 0 Å². The van der Waals surface area contributed by atoms with Crippen molar-refractivity contribution in [3.8, 4) is 11.3 Å². The van der Waals surface area contributed by atoms with Crippen molar-refractivity contribution >= 4 is 40.1 Å². The summed E-state index contributed by atoms with van der Waals surface area (Å²) in [6.45, 7) is 3.50. The summed E-state index contributed by atoms with van der Waals surface area (Å²) in [6, 6.07) is 14.2. The number of nitrogens with one attached hydrogen (secondary N) is 2. The number of hydrogen-bond acceptors (Lipinski definition) is 5. The van der Waals surface area contributed by atoms with Crippen LogP contribution in [0.5, 0.6) is 0 Å². The van der Waals surface area contributed by atoms with E-state index in [0.29, 0.717) is 33.4 Å². The van der Waals surface area contributed by atoms with Gasteiger partial charge in [-0.25, -0.2) is 9.00 Å². The van der Waals surface area contributed by atoms with Gasteiger partial charge in [0, 0.05) is 22.5 Å². The van der Waals surface area contributed by atoms with Crippen LogP contribution in [0.1, 0.15) is 24.3 Å². The summed E-state index contributed by atoms with van der Waals surface area (Å²) in [5.74, 6) is 0.405. The summed E-state index contributed by atoms with van der Waals surface area (Å²) in [5.41, 5.74) is 3.19. The molecule has 9 heteroatoms. The number of ether oxygens (including phenoxy) is 1. The SMILES string of the molecule is Cc1noc(-c2ccc(NS(C)=O)cc2)c1NC(=O)OC(C)c1ccc(Cl)cc1. The topological polar surface area (TPSA) is 93.5 Å². The van der Waals surface area contributed by atoms with Crippen molar-refractivity contribution in [2.75, 3.05) is 16.3 Å². The minimum Gasteiger partial charge on any atom is -0.441 e. The predicted molar refractivity (Wildman–Crippen MR) is 114 cm³/mol. The molecule has 0 spiro atoms. The third-order valence-electron chi connectivity index (χ3n) is 4.12. The molecule has 1 aromatic heterocycles. The van der Waals surface area contributed by atoms with Gasteiger partial charge in [0.25, 0.3) is 0 Å². The lowest BCUT2D eigenvalue weighted by Gasteiger charge is -2.14. The largest absolute Gasteiger partial charge is 0.441 e. The Morgan fingerprint density at radius 3 is 2.45 bits per heavy atom. The van der Waals surface area contributed by atoms with E-state index in [2.05, 4.69) is 15.2 Å². The average molecular weight is 434 g/mol. The van der Waals surface area contributed by atoms with Crippen LogP contribution in [0.4, 0.5) is 16.2 Å². The number of rotatable bonds is 6. The molecule has 1 amide bonds. The normalized spacial score (nSPS) is 12.8. The van der Waals surface area contributed by atoms with Crippen molar-refractivity contribution in [2.45, 2.75) is 20.0 Å². The molecule has 1 heterocycles. The zero-order valence-corrected chi connectivity index (χ0v) is 17.6. The number of carbonyl (C=O) groups excluding carboxylic acids is 1. The Morgan fingerprint density at radius 2 is 1.83 bits per heavy atom. The van der Waals surface area contributed by atoms with E-state index in [0.717, 1.165) is 5.56 Å². The van der Waals surface area contributed by atoms with Crippen LogP contribution in [0, 0.1) is 6.92 Å². The average Bonchev–Trinajstić information content (AvgIpc) is 3.03. The van der Waals surface area contributed by atoms with Crippen LogP contribution in [0.2, 0.25) is 5.02 Å². The number of hydrogen-bond donors (Lipinski definition) is 2. The molecule has 3 rings (SSSR count). The Bertz CT molecular complexity index is 1020.